The molecule has 1 fully saturated rings. The summed E-state index contributed by atoms with van der Waals surface area (Å²) < 4.78 is 5.64. The van der Waals surface area contributed by atoms with Crippen molar-refractivity contribution in [1.82, 2.24) is 10.2 Å². The van der Waals surface area contributed by atoms with Crippen LogP contribution in [0.2, 0.25) is 0 Å². The topological polar surface area (TPSA) is 65.4 Å². The fourth-order valence-electron chi connectivity index (χ4n) is 2.66. The number of nitrogens with one attached hydrogen (secondary N) is 1. The number of benzene rings is 1. The maximum atomic E-state index is 12.2. The lowest BCUT2D eigenvalue weighted by atomic mass is 10.1. The minimum absolute atomic E-state index is 0.110. The maximum absolute atomic E-state index is 12.2. The predicted molar refractivity (Wildman–Crippen MR) is 84.1 cm³/mol. The van der Waals surface area contributed by atoms with Crippen molar-refractivity contribution in [3.63, 3.8) is 0 Å². The van der Waals surface area contributed by atoms with Crippen molar-refractivity contribution in [3.05, 3.63) is 35.4 Å². The Morgan fingerprint density at radius 1 is 1.32 bits per heavy atom. The van der Waals surface area contributed by atoms with Gasteiger partial charge in [0, 0.05) is 32.6 Å². The van der Waals surface area contributed by atoms with E-state index in [1.54, 1.807) is 12.1 Å². The molecule has 0 unspecified atom stereocenters. The zero-order valence-corrected chi connectivity index (χ0v) is 13.2. The van der Waals surface area contributed by atoms with Gasteiger partial charge < -0.3 is 15.0 Å². The van der Waals surface area contributed by atoms with Crippen LogP contribution in [0.1, 0.15) is 31.4 Å². The van der Waals surface area contributed by atoms with Crippen LogP contribution in [-0.2, 0) is 16.1 Å². The SMILES string of the molecule is C[C@@H]1CN(C(=O)CCNCc2ccc(C#N)cc2)C[C@@H](C)O1. The van der Waals surface area contributed by atoms with Gasteiger partial charge in [0.15, 0.2) is 0 Å². The molecule has 1 N–H and O–H groups in total. The quantitative estimate of drug-likeness (QED) is 0.840. The molecule has 5 nitrogen and oxygen atoms in total. The van der Waals surface area contributed by atoms with E-state index in [1.165, 1.54) is 0 Å². The molecule has 1 saturated heterocycles. The Kier molecular flexibility index (Phi) is 5.93. The van der Waals surface area contributed by atoms with Crippen LogP contribution in [0.3, 0.4) is 0 Å². The lowest BCUT2D eigenvalue weighted by molar-refractivity contribution is -0.143. The smallest absolute Gasteiger partial charge is 0.224 e. The minimum Gasteiger partial charge on any atom is -0.372 e. The molecule has 5 heteroatoms. The van der Waals surface area contributed by atoms with Gasteiger partial charge in [-0.2, -0.15) is 5.26 Å². The summed E-state index contributed by atoms with van der Waals surface area (Å²) in [4.78, 5) is 14.1. The van der Waals surface area contributed by atoms with Crippen molar-refractivity contribution in [2.24, 2.45) is 0 Å². The van der Waals surface area contributed by atoms with Crippen LogP contribution in [0.15, 0.2) is 24.3 Å². The number of morpholine rings is 1. The van der Waals surface area contributed by atoms with E-state index in [9.17, 15) is 4.79 Å². The summed E-state index contributed by atoms with van der Waals surface area (Å²) >= 11 is 0. The summed E-state index contributed by atoms with van der Waals surface area (Å²) in [5.41, 5.74) is 1.77. The van der Waals surface area contributed by atoms with Crippen LogP contribution in [0.5, 0.6) is 0 Å². The number of carbonyl (C=O) groups is 1. The molecule has 1 heterocycles. The molecule has 0 spiro atoms. The number of nitriles is 1. The Morgan fingerprint density at radius 3 is 2.55 bits per heavy atom. The first-order valence-electron chi connectivity index (χ1n) is 7.71. The van der Waals surface area contributed by atoms with Gasteiger partial charge in [0.05, 0.1) is 23.8 Å². The van der Waals surface area contributed by atoms with Gasteiger partial charge in [0.2, 0.25) is 5.91 Å². The third kappa shape index (κ3) is 4.83. The van der Waals surface area contributed by atoms with Crippen LogP contribution in [0, 0.1) is 11.3 Å². The number of hydrogen-bond donors (Lipinski definition) is 1. The second-order valence-electron chi connectivity index (χ2n) is 5.79. The lowest BCUT2D eigenvalue weighted by Crippen LogP contribution is -2.48. The number of nitrogens with zero attached hydrogens (tertiary/aromatic N) is 2. The third-order valence-corrected chi connectivity index (χ3v) is 3.70. The minimum atomic E-state index is 0.110. The summed E-state index contributed by atoms with van der Waals surface area (Å²) in [6, 6.07) is 9.57. The zero-order chi connectivity index (χ0) is 15.9. The van der Waals surface area contributed by atoms with Crippen LogP contribution < -0.4 is 5.32 Å². The summed E-state index contributed by atoms with van der Waals surface area (Å²) in [6.45, 7) is 6.71. The summed E-state index contributed by atoms with van der Waals surface area (Å²) in [6.07, 6.45) is 0.717. The lowest BCUT2D eigenvalue weighted by Gasteiger charge is -2.35. The average molecular weight is 301 g/mol. The Morgan fingerprint density at radius 2 is 1.95 bits per heavy atom. The molecule has 0 aliphatic carbocycles. The van der Waals surface area contributed by atoms with E-state index in [-0.39, 0.29) is 18.1 Å². The first kappa shape index (κ1) is 16.5. The van der Waals surface area contributed by atoms with E-state index in [0.29, 0.717) is 38.2 Å². The summed E-state index contributed by atoms with van der Waals surface area (Å²) in [5.74, 6) is 0.175. The Hall–Kier alpha value is -1.90. The molecular formula is C17H23N3O2. The highest BCUT2D eigenvalue weighted by molar-refractivity contribution is 5.76. The third-order valence-electron chi connectivity index (χ3n) is 3.70. The van der Waals surface area contributed by atoms with Gasteiger partial charge in [-0.1, -0.05) is 12.1 Å². The Bertz CT molecular complexity index is 526. The Balaban J connectivity index is 1.69. The average Bonchev–Trinajstić information content (AvgIpc) is 2.51. The summed E-state index contributed by atoms with van der Waals surface area (Å²) in [5, 5.41) is 12.0. The highest BCUT2D eigenvalue weighted by Crippen LogP contribution is 2.11. The largest absolute Gasteiger partial charge is 0.372 e. The molecule has 0 aromatic heterocycles. The molecule has 22 heavy (non-hydrogen) atoms. The van der Waals surface area contributed by atoms with Crippen molar-refractivity contribution in [2.45, 2.75) is 39.0 Å². The molecule has 118 valence electrons. The molecule has 0 radical (unpaired) electrons. The van der Waals surface area contributed by atoms with Gasteiger partial charge in [0.25, 0.3) is 0 Å². The first-order valence-corrected chi connectivity index (χ1v) is 7.71. The number of rotatable bonds is 5. The summed E-state index contributed by atoms with van der Waals surface area (Å²) in [7, 11) is 0. The highest BCUT2D eigenvalue weighted by Gasteiger charge is 2.25. The van der Waals surface area contributed by atoms with Crippen molar-refractivity contribution >= 4 is 5.91 Å². The van der Waals surface area contributed by atoms with E-state index in [4.69, 9.17) is 10.00 Å². The molecule has 0 saturated carbocycles. The molecule has 1 aliphatic heterocycles. The molecule has 1 aromatic carbocycles. The predicted octanol–water partition coefficient (Wildman–Crippen LogP) is 1.67. The second kappa shape index (κ2) is 7.92. The molecular weight excluding hydrogens is 278 g/mol. The van der Waals surface area contributed by atoms with Crippen LogP contribution in [0.25, 0.3) is 0 Å². The van der Waals surface area contributed by atoms with Crippen molar-refractivity contribution in [3.8, 4) is 6.07 Å². The molecule has 1 amide bonds. The van der Waals surface area contributed by atoms with Gasteiger partial charge in [-0.25, -0.2) is 0 Å². The van der Waals surface area contributed by atoms with Gasteiger partial charge in [-0.05, 0) is 31.5 Å². The zero-order valence-electron chi connectivity index (χ0n) is 13.2. The van der Waals surface area contributed by atoms with Crippen molar-refractivity contribution in [1.29, 1.82) is 5.26 Å². The van der Waals surface area contributed by atoms with E-state index < -0.39 is 0 Å². The normalized spacial score (nSPS) is 21.4. The van der Waals surface area contributed by atoms with Gasteiger partial charge in [-0.15, -0.1) is 0 Å². The number of amides is 1. The van der Waals surface area contributed by atoms with Crippen molar-refractivity contribution < 1.29 is 9.53 Å². The van der Waals surface area contributed by atoms with Crippen LogP contribution in [0.4, 0.5) is 0 Å². The number of carbonyl (C=O) groups excluding carboxylic acids is 1. The molecule has 2 atom stereocenters. The monoisotopic (exact) mass is 301 g/mol. The molecule has 0 bridgehead atoms. The van der Waals surface area contributed by atoms with Gasteiger partial charge >= 0.3 is 0 Å². The fourth-order valence-corrected chi connectivity index (χ4v) is 2.66. The van der Waals surface area contributed by atoms with E-state index >= 15 is 0 Å². The number of ether oxygens (including phenoxy) is 1. The molecule has 1 aliphatic rings. The van der Waals surface area contributed by atoms with E-state index in [0.717, 1.165) is 5.56 Å². The molecule has 2 rings (SSSR count). The van der Waals surface area contributed by atoms with Gasteiger partial charge in [-0.3, -0.25) is 4.79 Å². The van der Waals surface area contributed by atoms with Crippen LogP contribution >= 0.6 is 0 Å². The number of hydrogen-bond acceptors (Lipinski definition) is 4. The van der Waals surface area contributed by atoms with Gasteiger partial charge in [0.1, 0.15) is 0 Å². The molecule has 1 aromatic rings. The van der Waals surface area contributed by atoms with Crippen LogP contribution in [-0.4, -0.2) is 42.6 Å². The standard InChI is InChI=1S/C17H23N3O2/c1-13-11-20(12-14(2)22-13)17(21)7-8-19-10-16-5-3-15(9-18)4-6-16/h3-6,13-14,19H,7-8,10-12H2,1-2H3/t13-,14-/m1/s1. The van der Waals surface area contributed by atoms with Crippen molar-refractivity contribution in [2.75, 3.05) is 19.6 Å². The second-order valence-corrected chi connectivity index (χ2v) is 5.79. The van der Waals surface area contributed by atoms with E-state index in [1.807, 2.05) is 30.9 Å². The highest BCUT2D eigenvalue weighted by atomic mass is 16.5. The first-order chi connectivity index (χ1) is 10.6. The fraction of sp³-hybridized carbons (Fsp3) is 0.529. The Labute approximate surface area is 131 Å². The maximum Gasteiger partial charge on any atom is 0.224 e. The van der Waals surface area contributed by atoms with E-state index in [2.05, 4.69) is 11.4 Å².